The van der Waals surface area contributed by atoms with E-state index in [-0.39, 0.29) is 5.92 Å². The fraction of sp³-hybridized carbons (Fsp3) is 0.536. The minimum absolute atomic E-state index is 0.132. The summed E-state index contributed by atoms with van der Waals surface area (Å²) in [5.41, 5.74) is 2.80. The summed E-state index contributed by atoms with van der Waals surface area (Å²) < 4.78 is 1.14. The molecule has 2 aromatic carbocycles. The smallest absolute Gasteiger partial charge is 0.227 e. The van der Waals surface area contributed by atoms with Gasteiger partial charge in [0.15, 0.2) is 0 Å². The van der Waals surface area contributed by atoms with Crippen LogP contribution in [-0.4, -0.2) is 36.5 Å². The lowest BCUT2D eigenvalue weighted by Crippen LogP contribution is -2.51. The Hall–Kier alpha value is -1.65. The third kappa shape index (κ3) is 5.63. The van der Waals surface area contributed by atoms with E-state index in [1.807, 2.05) is 0 Å². The van der Waals surface area contributed by atoms with Crippen LogP contribution in [0.3, 0.4) is 0 Å². The molecule has 0 radical (unpaired) electrons. The Labute approximate surface area is 202 Å². The Morgan fingerprint density at radius 2 is 1.94 bits per heavy atom. The number of nitrogens with zero attached hydrogens (tertiary/aromatic N) is 1. The zero-order valence-electron chi connectivity index (χ0n) is 19.5. The number of halogens is 1. The molecule has 3 nitrogen and oxygen atoms in total. The number of aryl methyl sites for hydroxylation is 1. The van der Waals surface area contributed by atoms with Gasteiger partial charge in [-0.3, -0.25) is 4.79 Å². The predicted molar refractivity (Wildman–Crippen MR) is 136 cm³/mol. The van der Waals surface area contributed by atoms with Crippen LogP contribution in [0.25, 0.3) is 0 Å². The molecule has 4 rings (SSSR count). The van der Waals surface area contributed by atoms with Crippen molar-refractivity contribution in [2.75, 3.05) is 19.6 Å². The molecule has 0 bridgehead atoms. The molecule has 0 spiro atoms. The SMILES string of the molecule is CC(C)[C@@H]1C[C@H](c2ccccc2)CCN1C(=O)[C@@H]1CNC[C@@H]1CCCc1cccc(Br)c1. The third-order valence-corrected chi connectivity index (χ3v) is 8.05. The fourth-order valence-corrected chi connectivity index (χ4v) is 6.18. The second-order valence-electron chi connectivity index (χ2n) is 10.0. The van der Waals surface area contributed by atoms with Gasteiger partial charge >= 0.3 is 0 Å². The van der Waals surface area contributed by atoms with Crippen LogP contribution in [0.2, 0.25) is 0 Å². The van der Waals surface area contributed by atoms with E-state index in [1.54, 1.807) is 0 Å². The maximum Gasteiger partial charge on any atom is 0.227 e. The minimum atomic E-state index is 0.132. The molecule has 4 heteroatoms. The Kier molecular flexibility index (Phi) is 8.07. The first-order chi connectivity index (χ1) is 15.5. The summed E-state index contributed by atoms with van der Waals surface area (Å²) in [5, 5.41) is 3.52. The van der Waals surface area contributed by atoms with E-state index in [2.05, 4.69) is 94.6 Å². The van der Waals surface area contributed by atoms with E-state index >= 15 is 0 Å². The summed E-state index contributed by atoms with van der Waals surface area (Å²) in [4.78, 5) is 16.0. The van der Waals surface area contributed by atoms with Crippen LogP contribution in [0.5, 0.6) is 0 Å². The highest BCUT2D eigenvalue weighted by Crippen LogP contribution is 2.36. The Morgan fingerprint density at radius 1 is 1.12 bits per heavy atom. The summed E-state index contributed by atoms with van der Waals surface area (Å²) in [7, 11) is 0. The molecule has 0 aliphatic carbocycles. The zero-order valence-corrected chi connectivity index (χ0v) is 21.1. The van der Waals surface area contributed by atoms with Gasteiger partial charge in [-0.25, -0.2) is 0 Å². The minimum Gasteiger partial charge on any atom is -0.339 e. The van der Waals surface area contributed by atoms with Gasteiger partial charge in [-0.1, -0.05) is 72.2 Å². The molecule has 0 aromatic heterocycles. The lowest BCUT2D eigenvalue weighted by molar-refractivity contribution is -0.141. The monoisotopic (exact) mass is 496 g/mol. The Balaban J connectivity index is 1.37. The standard InChI is InChI=1S/C28H37BrN2O/c1-20(2)27-17-23(22-10-4-3-5-11-22)14-15-31(27)28(32)26-19-30-18-24(26)12-6-8-21-9-7-13-25(29)16-21/h3-5,7,9-11,13,16,20,23-24,26-27,30H,6,8,12,14-15,17-19H2,1-2H3/t23-,24+,26-,27+/m1/s1. The van der Waals surface area contributed by atoms with Crippen molar-refractivity contribution in [3.63, 3.8) is 0 Å². The molecule has 2 saturated heterocycles. The molecule has 1 N–H and O–H groups in total. The van der Waals surface area contributed by atoms with Crippen LogP contribution in [0.1, 0.15) is 56.6 Å². The number of piperidine rings is 1. The second-order valence-corrected chi connectivity index (χ2v) is 10.9. The lowest BCUT2D eigenvalue weighted by atomic mass is 9.80. The molecule has 0 unspecified atom stereocenters. The van der Waals surface area contributed by atoms with Crippen LogP contribution < -0.4 is 5.32 Å². The summed E-state index contributed by atoms with van der Waals surface area (Å²) in [6.07, 6.45) is 5.49. The van der Waals surface area contributed by atoms with Gasteiger partial charge in [-0.05, 0) is 79.7 Å². The van der Waals surface area contributed by atoms with Crippen molar-refractivity contribution < 1.29 is 4.79 Å². The molecular weight excluding hydrogens is 460 g/mol. The highest BCUT2D eigenvalue weighted by atomic mass is 79.9. The topological polar surface area (TPSA) is 32.3 Å². The highest BCUT2D eigenvalue weighted by molar-refractivity contribution is 9.10. The van der Waals surface area contributed by atoms with E-state index in [1.165, 1.54) is 11.1 Å². The number of amides is 1. The summed E-state index contributed by atoms with van der Waals surface area (Å²) in [6.45, 7) is 7.26. The van der Waals surface area contributed by atoms with Gasteiger partial charge in [0, 0.05) is 23.6 Å². The molecule has 32 heavy (non-hydrogen) atoms. The average Bonchev–Trinajstić information content (AvgIpc) is 3.27. The number of likely N-dealkylation sites (tertiary alicyclic amines) is 1. The first kappa shape index (κ1) is 23.5. The Morgan fingerprint density at radius 3 is 2.69 bits per heavy atom. The van der Waals surface area contributed by atoms with Crippen molar-refractivity contribution in [2.45, 2.75) is 57.9 Å². The molecular formula is C28H37BrN2O. The first-order valence-electron chi connectivity index (χ1n) is 12.3. The van der Waals surface area contributed by atoms with Gasteiger partial charge in [0.1, 0.15) is 0 Å². The van der Waals surface area contributed by atoms with E-state index in [9.17, 15) is 4.79 Å². The molecule has 0 saturated carbocycles. The Bertz CT molecular complexity index is 884. The van der Waals surface area contributed by atoms with Crippen molar-refractivity contribution in [3.05, 3.63) is 70.2 Å². The van der Waals surface area contributed by atoms with Crippen LogP contribution >= 0.6 is 15.9 Å². The number of carbonyl (C=O) groups is 1. The predicted octanol–water partition coefficient (Wildman–Crippen LogP) is 6.04. The molecule has 2 aliphatic rings. The van der Waals surface area contributed by atoms with Crippen LogP contribution in [-0.2, 0) is 11.2 Å². The summed E-state index contributed by atoms with van der Waals surface area (Å²) in [5.74, 6) is 2.03. The molecule has 2 aromatic rings. The van der Waals surface area contributed by atoms with E-state index in [0.29, 0.717) is 29.7 Å². The number of carbonyl (C=O) groups excluding carboxylic acids is 1. The number of rotatable bonds is 7. The number of nitrogens with one attached hydrogen (secondary N) is 1. The molecule has 1 amide bonds. The molecule has 2 aliphatic heterocycles. The van der Waals surface area contributed by atoms with Crippen molar-refractivity contribution in [2.24, 2.45) is 17.8 Å². The third-order valence-electron chi connectivity index (χ3n) is 7.55. The maximum absolute atomic E-state index is 13.7. The van der Waals surface area contributed by atoms with Crippen molar-refractivity contribution in [1.82, 2.24) is 10.2 Å². The van der Waals surface area contributed by atoms with Crippen molar-refractivity contribution in [1.29, 1.82) is 0 Å². The van der Waals surface area contributed by atoms with Gasteiger partial charge in [0.25, 0.3) is 0 Å². The number of hydrogen-bond acceptors (Lipinski definition) is 2. The quantitative estimate of drug-likeness (QED) is 0.506. The number of benzene rings is 2. The largest absolute Gasteiger partial charge is 0.339 e. The normalized spacial score (nSPS) is 25.9. The summed E-state index contributed by atoms with van der Waals surface area (Å²) in [6, 6.07) is 19.8. The zero-order chi connectivity index (χ0) is 22.5. The average molecular weight is 498 g/mol. The first-order valence-corrected chi connectivity index (χ1v) is 13.1. The molecule has 4 atom stereocenters. The van der Waals surface area contributed by atoms with Gasteiger partial charge in [-0.2, -0.15) is 0 Å². The summed E-state index contributed by atoms with van der Waals surface area (Å²) >= 11 is 3.57. The lowest BCUT2D eigenvalue weighted by Gasteiger charge is -2.43. The second kappa shape index (κ2) is 11.0. The van der Waals surface area contributed by atoms with Crippen LogP contribution in [0, 0.1) is 17.8 Å². The van der Waals surface area contributed by atoms with E-state index in [4.69, 9.17) is 0 Å². The van der Waals surface area contributed by atoms with E-state index < -0.39 is 0 Å². The number of hydrogen-bond donors (Lipinski definition) is 1. The molecule has 172 valence electrons. The molecule has 2 fully saturated rings. The van der Waals surface area contributed by atoms with Gasteiger partial charge in [0.05, 0.1) is 5.92 Å². The van der Waals surface area contributed by atoms with Gasteiger partial charge < -0.3 is 10.2 Å². The van der Waals surface area contributed by atoms with E-state index in [0.717, 1.165) is 56.2 Å². The van der Waals surface area contributed by atoms with Gasteiger partial charge in [0.2, 0.25) is 5.91 Å². The molecule has 2 heterocycles. The van der Waals surface area contributed by atoms with Crippen molar-refractivity contribution in [3.8, 4) is 0 Å². The maximum atomic E-state index is 13.7. The van der Waals surface area contributed by atoms with Crippen molar-refractivity contribution >= 4 is 21.8 Å². The fourth-order valence-electron chi connectivity index (χ4n) is 5.73. The van der Waals surface area contributed by atoms with Gasteiger partial charge in [-0.15, -0.1) is 0 Å². The van der Waals surface area contributed by atoms with Crippen LogP contribution in [0.4, 0.5) is 0 Å². The highest BCUT2D eigenvalue weighted by Gasteiger charge is 2.40. The van der Waals surface area contributed by atoms with Crippen LogP contribution in [0.15, 0.2) is 59.1 Å².